The van der Waals surface area contributed by atoms with Crippen molar-refractivity contribution in [2.45, 2.75) is 25.3 Å². The second-order valence-electron chi connectivity index (χ2n) is 7.05. The number of carbonyl (C=O) groups excluding carboxylic acids is 1. The van der Waals surface area contributed by atoms with E-state index in [1.807, 2.05) is 30.3 Å². The zero-order valence-corrected chi connectivity index (χ0v) is 16.0. The molecule has 4 rings (SSSR count). The van der Waals surface area contributed by atoms with Gasteiger partial charge in [0.1, 0.15) is 11.7 Å². The maximum Gasteiger partial charge on any atom is 0.326 e. The Balaban J connectivity index is 1.43. The van der Waals surface area contributed by atoms with Crippen LogP contribution in [-0.2, 0) is 22.4 Å². The van der Waals surface area contributed by atoms with E-state index in [1.54, 1.807) is 24.4 Å². The fourth-order valence-corrected chi connectivity index (χ4v) is 3.46. The van der Waals surface area contributed by atoms with Crippen molar-refractivity contribution in [3.05, 3.63) is 76.3 Å². The quantitative estimate of drug-likeness (QED) is 0.375. The Morgan fingerprint density at radius 1 is 1.07 bits per heavy atom. The highest BCUT2D eigenvalue weighted by Crippen LogP contribution is 2.19. The largest absolute Gasteiger partial charge is 0.480 e. The minimum Gasteiger partial charge on any atom is -0.480 e. The molecule has 0 aliphatic heterocycles. The number of nitrogens with one attached hydrogen (secondary N) is 3. The zero-order valence-electron chi connectivity index (χ0n) is 16.0. The lowest BCUT2D eigenvalue weighted by Crippen LogP contribution is -2.42. The number of carboxylic acids is 1. The number of hydrogen-bond donors (Lipinski definition) is 4. The van der Waals surface area contributed by atoms with Gasteiger partial charge in [-0.3, -0.25) is 9.59 Å². The topological polar surface area (TPSA) is 128 Å². The van der Waals surface area contributed by atoms with Gasteiger partial charge < -0.3 is 20.4 Å². The van der Waals surface area contributed by atoms with Crippen LogP contribution < -0.4 is 10.9 Å². The lowest BCUT2D eigenvalue weighted by atomic mass is 10.0. The van der Waals surface area contributed by atoms with E-state index in [2.05, 4.69) is 20.3 Å². The molecule has 0 aliphatic rings. The number of aromatic nitrogens is 3. The maximum absolute atomic E-state index is 12.4. The van der Waals surface area contributed by atoms with Gasteiger partial charge in [-0.2, -0.15) is 0 Å². The van der Waals surface area contributed by atoms with Crippen molar-refractivity contribution in [2.24, 2.45) is 0 Å². The molecule has 2 aromatic carbocycles. The molecule has 152 valence electrons. The summed E-state index contributed by atoms with van der Waals surface area (Å²) in [7, 11) is 0. The van der Waals surface area contributed by atoms with Crippen LogP contribution in [0.25, 0.3) is 21.9 Å². The van der Waals surface area contributed by atoms with Crippen molar-refractivity contribution >= 4 is 33.8 Å². The Labute approximate surface area is 171 Å². The maximum atomic E-state index is 12.4. The summed E-state index contributed by atoms with van der Waals surface area (Å²) in [6.45, 7) is 0. The summed E-state index contributed by atoms with van der Waals surface area (Å²) in [5.74, 6) is -1.56. The SMILES string of the molecule is O=C(CCc1nc2ccccc2[nH]c1=O)NC(Cc1c[nH]c2ccccc12)C(=O)O. The van der Waals surface area contributed by atoms with Crippen LogP contribution in [0.1, 0.15) is 17.7 Å². The van der Waals surface area contributed by atoms with Crippen LogP contribution in [0, 0.1) is 0 Å². The zero-order chi connectivity index (χ0) is 21.1. The van der Waals surface area contributed by atoms with Gasteiger partial charge in [-0.25, -0.2) is 9.78 Å². The van der Waals surface area contributed by atoms with Crippen molar-refractivity contribution in [3.8, 4) is 0 Å². The molecule has 2 heterocycles. The molecule has 4 N–H and O–H groups in total. The van der Waals surface area contributed by atoms with Crippen LogP contribution in [0.5, 0.6) is 0 Å². The molecule has 30 heavy (non-hydrogen) atoms. The monoisotopic (exact) mass is 404 g/mol. The highest BCUT2D eigenvalue weighted by atomic mass is 16.4. The number of amides is 1. The first-order valence-electron chi connectivity index (χ1n) is 9.56. The predicted molar refractivity (Wildman–Crippen MR) is 112 cm³/mol. The third-order valence-electron chi connectivity index (χ3n) is 4.99. The molecule has 0 spiro atoms. The molecule has 4 aromatic rings. The van der Waals surface area contributed by atoms with Crippen LogP contribution >= 0.6 is 0 Å². The number of aliphatic carboxylic acids is 1. The van der Waals surface area contributed by atoms with Crippen molar-refractivity contribution in [1.82, 2.24) is 20.3 Å². The van der Waals surface area contributed by atoms with E-state index >= 15 is 0 Å². The molecule has 0 bridgehead atoms. The van der Waals surface area contributed by atoms with Gasteiger partial charge in [-0.15, -0.1) is 0 Å². The molecule has 1 atom stereocenters. The summed E-state index contributed by atoms with van der Waals surface area (Å²) in [5, 5.41) is 13.0. The van der Waals surface area contributed by atoms with E-state index in [0.29, 0.717) is 11.0 Å². The van der Waals surface area contributed by atoms with E-state index in [9.17, 15) is 19.5 Å². The van der Waals surface area contributed by atoms with Gasteiger partial charge in [-0.05, 0) is 23.8 Å². The Kier molecular flexibility index (Phi) is 5.30. The molecular weight excluding hydrogens is 384 g/mol. The van der Waals surface area contributed by atoms with E-state index in [1.165, 1.54) is 0 Å². The number of aromatic amines is 2. The Morgan fingerprint density at radius 2 is 1.80 bits per heavy atom. The molecule has 8 nitrogen and oxygen atoms in total. The summed E-state index contributed by atoms with van der Waals surface area (Å²) < 4.78 is 0. The number of hydrogen-bond acceptors (Lipinski definition) is 4. The number of fused-ring (bicyclic) bond motifs is 2. The first kappa shape index (κ1) is 19.4. The van der Waals surface area contributed by atoms with Crippen molar-refractivity contribution in [2.75, 3.05) is 0 Å². The second-order valence-corrected chi connectivity index (χ2v) is 7.05. The third kappa shape index (κ3) is 4.07. The van der Waals surface area contributed by atoms with Crippen molar-refractivity contribution in [3.63, 3.8) is 0 Å². The number of rotatable bonds is 7. The molecule has 8 heteroatoms. The number of aryl methyl sites for hydroxylation is 1. The van der Waals surface area contributed by atoms with Gasteiger partial charge in [0.2, 0.25) is 5.91 Å². The standard InChI is InChI=1S/C22H20N4O4/c27-20(10-9-18-21(28)26-17-8-4-3-7-16(17)24-18)25-19(22(29)30)11-13-12-23-15-6-2-1-5-14(13)15/h1-8,12,19,23H,9-11H2,(H,25,27)(H,26,28)(H,29,30). The fraction of sp³-hybridized carbons (Fsp3) is 0.182. The van der Waals surface area contributed by atoms with Crippen LogP contribution in [0.3, 0.4) is 0 Å². The number of carboxylic acid groups (broad SMARTS) is 1. The summed E-state index contributed by atoms with van der Waals surface area (Å²) in [6, 6.07) is 13.6. The fourth-order valence-electron chi connectivity index (χ4n) is 3.46. The van der Waals surface area contributed by atoms with Gasteiger partial charge >= 0.3 is 5.97 Å². The highest BCUT2D eigenvalue weighted by Gasteiger charge is 2.22. The van der Waals surface area contributed by atoms with Crippen molar-refractivity contribution < 1.29 is 14.7 Å². The molecular formula is C22H20N4O4. The van der Waals surface area contributed by atoms with Crippen LogP contribution in [0.15, 0.2) is 59.5 Å². The van der Waals surface area contributed by atoms with Gasteiger partial charge in [0.05, 0.1) is 11.0 Å². The number of H-pyrrole nitrogens is 2. The molecule has 0 aliphatic carbocycles. The summed E-state index contributed by atoms with van der Waals surface area (Å²) in [5.41, 5.74) is 2.87. The van der Waals surface area contributed by atoms with Crippen LogP contribution in [0.4, 0.5) is 0 Å². The summed E-state index contributed by atoms with van der Waals surface area (Å²) in [4.78, 5) is 46.4. The van der Waals surface area contributed by atoms with E-state index in [-0.39, 0.29) is 30.5 Å². The highest BCUT2D eigenvalue weighted by molar-refractivity contribution is 5.86. The summed E-state index contributed by atoms with van der Waals surface area (Å²) in [6.07, 6.45) is 1.99. The summed E-state index contributed by atoms with van der Waals surface area (Å²) >= 11 is 0. The predicted octanol–water partition coefficient (Wildman–Crippen LogP) is 2.15. The van der Waals surface area contributed by atoms with Crippen molar-refractivity contribution in [1.29, 1.82) is 0 Å². The number of carbonyl (C=O) groups is 2. The Hall–Kier alpha value is -3.94. The van der Waals surface area contributed by atoms with E-state index in [4.69, 9.17) is 0 Å². The van der Waals surface area contributed by atoms with Crippen LogP contribution in [-0.4, -0.2) is 38.0 Å². The van der Waals surface area contributed by atoms with Gasteiger partial charge in [0.15, 0.2) is 0 Å². The molecule has 1 amide bonds. The van der Waals surface area contributed by atoms with E-state index in [0.717, 1.165) is 16.5 Å². The van der Waals surface area contributed by atoms with Gasteiger partial charge in [0.25, 0.3) is 5.56 Å². The molecule has 1 unspecified atom stereocenters. The molecule has 0 saturated heterocycles. The lowest BCUT2D eigenvalue weighted by molar-refractivity contribution is -0.141. The average Bonchev–Trinajstić information content (AvgIpc) is 3.14. The number of benzene rings is 2. The number of nitrogens with zero attached hydrogens (tertiary/aromatic N) is 1. The Bertz CT molecular complexity index is 1290. The lowest BCUT2D eigenvalue weighted by Gasteiger charge is -2.14. The number of para-hydroxylation sites is 3. The second kappa shape index (κ2) is 8.20. The van der Waals surface area contributed by atoms with E-state index < -0.39 is 17.9 Å². The first-order chi connectivity index (χ1) is 14.5. The smallest absolute Gasteiger partial charge is 0.326 e. The van der Waals surface area contributed by atoms with Gasteiger partial charge in [0, 0.05) is 36.4 Å². The molecule has 0 fully saturated rings. The molecule has 0 saturated carbocycles. The third-order valence-corrected chi connectivity index (χ3v) is 4.99. The Morgan fingerprint density at radius 3 is 2.60 bits per heavy atom. The minimum absolute atomic E-state index is 0.0356. The van der Waals surface area contributed by atoms with Crippen LogP contribution in [0.2, 0.25) is 0 Å². The molecule has 0 radical (unpaired) electrons. The minimum atomic E-state index is -1.12. The normalized spacial score (nSPS) is 12.1. The first-order valence-corrected chi connectivity index (χ1v) is 9.56. The van der Waals surface area contributed by atoms with Gasteiger partial charge in [-0.1, -0.05) is 30.3 Å². The average molecular weight is 404 g/mol. The molecule has 2 aromatic heterocycles.